The van der Waals surface area contributed by atoms with Gasteiger partial charge < -0.3 is 15.2 Å². The molecule has 1 fully saturated rings. The maximum Gasteiger partial charge on any atom is 0.325 e. The van der Waals surface area contributed by atoms with Crippen molar-refractivity contribution in [2.75, 3.05) is 19.8 Å². The second-order valence-electron chi connectivity index (χ2n) is 5.11. The van der Waals surface area contributed by atoms with Gasteiger partial charge in [0, 0.05) is 0 Å². The van der Waals surface area contributed by atoms with E-state index in [4.69, 9.17) is 9.84 Å². The predicted octanol–water partition coefficient (Wildman–Crippen LogP) is 1.23. The number of imide groups is 1. The van der Waals surface area contributed by atoms with Gasteiger partial charge in [-0.25, -0.2) is 4.79 Å². The van der Waals surface area contributed by atoms with E-state index in [1.54, 1.807) is 31.2 Å². The van der Waals surface area contributed by atoms with Gasteiger partial charge in [-0.05, 0) is 31.0 Å². The number of carbonyl (C=O) groups is 2. The number of benzene rings is 1. The largest absolute Gasteiger partial charge is 0.494 e. The lowest BCUT2D eigenvalue weighted by Crippen LogP contribution is -2.41. The SMILES string of the molecule is CCCOc1ccc(C2(C)NC(=O)N(CCO)C2=O)cc1. The fourth-order valence-electron chi connectivity index (χ4n) is 2.30. The van der Waals surface area contributed by atoms with Crippen LogP contribution in [0, 0.1) is 0 Å². The zero-order chi connectivity index (χ0) is 15.5. The van der Waals surface area contributed by atoms with Crippen LogP contribution in [0.15, 0.2) is 24.3 Å². The molecule has 114 valence electrons. The van der Waals surface area contributed by atoms with Gasteiger partial charge in [-0.1, -0.05) is 19.1 Å². The molecule has 0 bridgehead atoms. The van der Waals surface area contributed by atoms with E-state index in [2.05, 4.69) is 5.32 Å². The smallest absolute Gasteiger partial charge is 0.325 e. The summed E-state index contributed by atoms with van der Waals surface area (Å²) >= 11 is 0. The Kier molecular flexibility index (Phi) is 4.47. The maximum atomic E-state index is 12.4. The van der Waals surface area contributed by atoms with Gasteiger partial charge in [-0.3, -0.25) is 9.69 Å². The van der Waals surface area contributed by atoms with Crippen LogP contribution in [0.2, 0.25) is 0 Å². The van der Waals surface area contributed by atoms with Crippen LogP contribution in [0.4, 0.5) is 4.79 Å². The van der Waals surface area contributed by atoms with E-state index < -0.39 is 11.6 Å². The summed E-state index contributed by atoms with van der Waals surface area (Å²) in [5.74, 6) is 0.372. The van der Waals surface area contributed by atoms with E-state index in [1.165, 1.54) is 0 Å². The molecule has 0 aliphatic carbocycles. The van der Waals surface area contributed by atoms with E-state index in [0.717, 1.165) is 17.1 Å². The first-order chi connectivity index (χ1) is 10.0. The number of carbonyl (C=O) groups excluding carboxylic acids is 2. The number of amides is 3. The summed E-state index contributed by atoms with van der Waals surface area (Å²) in [5.41, 5.74) is -0.416. The molecule has 21 heavy (non-hydrogen) atoms. The van der Waals surface area contributed by atoms with Crippen molar-refractivity contribution in [1.82, 2.24) is 10.2 Å². The topological polar surface area (TPSA) is 78.9 Å². The van der Waals surface area contributed by atoms with Crippen LogP contribution in [0.25, 0.3) is 0 Å². The highest BCUT2D eigenvalue weighted by Gasteiger charge is 2.48. The van der Waals surface area contributed by atoms with Gasteiger partial charge in [0.15, 0.2) is 0 Å². The molecule has 6 heteroatoms. The van der Waals surface area contributed by atoms with Gasteiger partial charge in [-0.2, -0.15) is 0 Å². The first kappa shape index (κ1) is 15.3. The zero-order valence-electron chi connectivity index (χ0n) is 12.3. The molecule has 0 saturated carbocycles. The van der Waals surface area contributed by atoms with E-state index in [0.29, 0.717) is 12.2 Å². The van der Waals surface area contributed by atoms with E-state index in [1.807, 2.05) is 6.92 Å². The molecule has 1 aromatic carbocycles. The third-order valence-corrected chi connectivity index (χ3v) is 3.50. The van der Waals surface area contributed by atoms with Crippen LogP contribution < -0.4 is 10.1 Å². The van der Waals surface area contributed by atoms with Crippen LogP contribution in [0.5, 0.6) is 5.75 Å². The highest BCUT2D eigenvalue weighted by atomic mass is 16.5. The van der Waals surface area contributed by atoms with E-state index >= 15 is 0 Å². The summed E-state index contributed by atoms with van der Waals surface area (Å²) in [6.45, 7) is 4.07. The van der Waals surface area contributed by atoms with Crippen LogP contribution >= 0.6 is 0 Å². The van der Waals surface area contributed by atoms with Crippen LogP contribution in [0.1, 0.15) is 25.8 Å². The monoisotopic (exact) mass is 292 g/mol. The molecule has 1 aliphatic rings. The molecule has 0 radical (unpaired) electrons. The fourth-order valence-corrected chi connectivity index (χ4v) is 2.30. The summed E-state index contributed by atoms with van der Waals surface area (Å²) < 4.78 is 5.50. The van der Waals surface area contributed by atoms with Crippen molar-refractivity contribution in [1.29, 1.82) is 0 Å². The quantitative estimate of drug-likeness (QED) is 0.773. The number of hydrogen-bond donors (Lipinski definition) is 2. The number of aliphatic hydroxyl groups is 1. The van der Waals surface area contributed by atoms with Crippen molar-refractivity contribution >= 4 is 11.9 Å². The molecule has 1 unspecified atom stereocenters. The Bertz CT molecular complexity index is 529. The molecule has 2 N–H and O–H groups in total. The molecule has 2 rings (SSSR count). The molecule has 1 aromatic rings. The Balaban J connectivity index is 2.20. The van der Waals surface area contributed by atoms with Gasteiger partial charge in [0.25, 0.3) is 5.91 Å². The highest BCUT2D eigenvalue weighted by Crippen LogP contribution is 2.29. The van der Waals surface area contributed by atoms with Crippen LogP contribution in [-0.4, -0.2) is 41.7 Å². The molecule has 1 atom stereocenters. The van der Waals surface area contributed by atoms with E-state index in [9.17, 15) is 9.59 Å². The van der Waals surface area contributed by atoms with Crippen LogP contribution in [0.3, 0.4) is 0 Å². The summed E-state index contributed by atoms with van der Waals surface area (Å²) in [6.07, 6.45) is 0.921. The van der Waals surface area contributed by atoms with Crippen molar-refractivity contribution < 1.29 is 19.4 Å². The Labute approximate surface area is 123 Å². The highest BCUT2D eigenvalue weighted by molar-refractivity contribution is 6.07. The normalized spacial score (nSPS) is 21.6. The standard InChI is InChI=1S/C15H20N2O4/c1-3-10-21-12-6-4-11(5-7-12)15(2)13(19)17(8-9-18)14(20)16-15/h4-7,18H,3,8-10H2,1-2H3,(H,16,20). The summed E-state index contributed by atoms with van der Waals surface area (Å²) in [5, 5.41) is 11.6. The van der Waals surface area contributed by atoms with Crippen molar-refractivity contribution in [3.05, 3.63) is 29.8 Å². The molecule has 1 saturated heterocycles. The Morgan fingerprint density at radius 3 is 2.52 bits per heavy atom. The van der Waals surface area contributed by atoms with Gasteiger partial charge in [0.05, 0.1) is 19.8 Å². The molecule has 3 amide bonds. The van der Waals surface area contributed by atoms with Crippen molar-refractivity contribution in [2.24, 2.45) is 0 Å². The van der Waals surface area contributed by atoms with Gasteiger partial charge in [0.2, 0.25) is 0 Å². The van der Waals surface area contributed by atoms with Crippen molar-refractivity contribution in [3.63, 3.8) is 0 Å². The first-order valence-electron chi connectivity index (χ1n) is 7.01. The number of nitrogens with zero attached hydrogens (tertiary/aromatic N) is 1. The average molecular weight is 292 g/mol. The van der Waals surface area contributed by atoms with Crippen molar-refractivity contribution in [3.8, 4) is 5.75 Å². The number of β-amino-alcohol motifs (C(OH)–C–C–N with tert-alkyl or cyclic N) is 1. The third-order valence-electron chi connectivity index (χ3n) is 3.50. The van der Waals surface area contributed by atoms with E-state index in [-0.39, 0.29) is 19.1 Å². The van der Waals surface area contributed by atoms with Gasteiger partial charge in [-0.15, -0.1) is 0 Å². The van der Waals surface area contributed by atoms with Crippen LogP contribution in [-0.2, 0) is 10.3 Å². The second-order valence-corrected chi connectivity index (χ2v) is 5.11. The minimum atomic E-state index is -1.10. The number of nitrogens with one attached hydrogen (secondary N) is 1. The van der Waals surface area contributed by atoms with Crippen molar-refractivity contribution in [2.45, 2.75) is 25.8 Å². The number of ether oxygens (including phenoxy) is 1. The lowest BCUT2D eigenvalue weighted by molar-refractivity contribution is -0.131. The minimum absolute atomic E-state index is 0.00203. The Morgan fingerprint density at radius 2 is 1.95 bits per heavy atom. The first-order valence-corrected chi connectivity index (χ1v) is 7.01. The second kappa shape index (κ2) is 6.13. The molecule has 6 nitrogen and oxygen atoms in total. The summed E-state index contributed by atoms with van der Waals surface area (Å²) in [6, 6.07) is 6.62. The lowest BCUT2D eigenvalue weighted by atomic mass is 9.92. The minimum Gasteiger partial charge on any atom is -0.494 e. The average Bonchev–Trinajstić information content (AvgIpc) is 2.70. The third kappa shape index (κ3) is 2.85. The molecular weight excluding hydrogens is 272 g/mol. The molecule has 1 aliphatic heterocycles. The number of aliphatic hydroxyl groups excluding tert-OH is 1. The molecule has 1 heterocycles. The lowest BCUT2D eigenvalue weighted by Gasteiger charge is -2.22. The molecule has 0 spiro atoms. The predicted molar refractivity (Wildman–Crippen MR) is 76.9 cm³/mol. The summed E-state index contributed by atoms with van der Waals surface area (Å²) in [4.78, 5) is 25.2. The fraction of sp³-hybridized carbons (Fsp3) is 0.467. The Morgan fingerprint density at radius 1 is 1.29 bits per heavy atom. The molecular formula is C15H20N2O4. The van der Waals surface area contributed by atoms with Gasteiger partial charge in [0.1, 0.15) is 11.3 Å². The summed E-state index contributed by atoms with van der Waals surface area (Å²) in [7, 11) is 0. The maximum absolute atomic E-state index is 12.4. The number of urea groups is 1. The Hall–Kier alpha value is -2.08. The van der Waals surface area contributed by atoms with Gasteiger partial charge >= 0.3 is 6.03 Å². The zero-order valence-corrected chi connectivity index (χ0v) is 12.3. The molecule has 0 aromatic heterocycles. The number of rotatable bonds is 6. The number of hydrogen-bond acceptors (Lipinski definition) is 4.